The predicted molar refractivity (Wildman–Crippen MR) is 99.9 cm³/mol. The highest BCUT2D eigenvalue weighted by atomic mass is 16.5. The highest BCUT2D eigenvalue weighted by molar-refractivity contribution is 5.71. The topological polar surface area (TPSA) is 47.7 Å². The van der Waals surface area contributed by atoms with Gasteiger partial charge in [0.25, 0.3) is 0 Å². The molecule has 0 bridgehead atoms. The second kappa shape index (κ2) is 6.59. The molecule has 0 fully saturated rings. The highest BCUT2D eigenvalue weighted by Crippen LogP contribution is 2.39. The van der Waals surface area contributed by atoms with E-state index in [0.717, 1.165) is 33.7 Å². The summed E-state index contributed by atoms with van der Waals surface area (Å²) < 4.78 is 16.9. The van der Waals surface area contributed by atoms with Gasteiger partial charge in [-0.3, -0.25) is 4.90 Å². The first-order valence-corrected chi connectivity index (χ1v) is 8.45. The van der Waals surface area contributed by atoms with Gasteiger partial charge in [-0.1, -0.05) is 47.6 Å². The number of anilines is 1. The van der Waals surface area contributed by atoms with Crippen molar-refractivity contribution in [1.29, 1.82) is 0 Å². The summed E-state index contributed by atoms with van der Waals surface area (Å²) in [5.74, 6) is 1.49. The van der Waals surface area contributed by atoms with E-state index in [9.17, 15) is 0 Å². The van der Waals surface area contributed by atoms with Crippen molar-refractivity contribution in [1.82, 2.24) is 5.16 Å². The van der Waals surface area contributed by atoms with Gasteiger partial charge in [0.05, 0.1) is 12.8 Å². The maximum atomic E-state index is 5.82. The van der Waals surface area contributed by atoms with Crippen molar-refractivity contribution < 1.29 is 14.0 Å². The average molecular weight is 348 g/mol. The lowest BCUT2D eigenvalue weighted by atomic mass is 10.0. The van der Waals surface area contributed by atoms with Gasteiger partial charge < -0.3 is 14.0 Å². The molecule has 1 unspecified atom stereocenters. The molecule has 1 aromatic heterocycles. The van der Waals surface area contributed by atoms with Crippen molar-refractivity contribution in [2.24, 2.45) is 0 Å². The third-order valence-corrected chi connectivity index (χ3v) is 4.64. The monoisotopic (exact) mass is 348 g/mol. The molecule has 3 aromatic rings. The Labute approximate surface area is 152 Å². The smallest absolute Gasteiger partial charge is 0.237 e. The molecule has 4 rings (SSSR count). The standard InChI is InChI=1S/C21H20N2O3/c1-14-15(2)22-26-20(14)23-11-12-25-21(23)17-9-10-18(19(13-17)24-3)16-7-5-4-6-8-16/h4-13,21H,1-3H3. The number of ether oxygens (including phenoxy) is 2. The Balaban J connectivity index is 1.71. The number of benzene rings is 2. The molecule has 0 amide bonds. The lowest BCUT2D eigenvalue weighted by Gasteiger charge is -2.23. The molecule has 132 valence electrons. The van der Waals surface area contributed by atoms with Gasteiger partial charge in [0.1, 0.15) is 12.0 Å². The second-order valence-electron chi connectivity index (χ2n) is 6.20. The summed E-state index contributed by atoms with van der Waals surface area (Å²) in [5, 5.41) is 4.05. The van der Waals surface area contributed by atoms with E-state index in [-0.39, 0.29) is 6.23 Å². The zero-order valence-corrected chi connectivity index (χ0v) is 15.0. The first kappa shape index (κ1) is 16.3. The van der Waals surface area contributed by atoms with E-state index in [0.29, 0.717) is 5.88 Å². The van der Waals surface area contributed by atoms with Crippen LogP contribution in [0.2, 0.25) is 0 Å². The minimum Gasteiger partial charge on any atom is -0.496 e. The molecule has 26 heavy (non-hydrogen) atoms. The molecule has 5 heteroatoms. The molecule has 1 atom stereocenters. The van der Waals surface area contributed by atoms with E-state index in [1.54, 1.807) is 13.4 Å². The van der Waals surface area contributed by atoms with Gasteiger partial charge in [0.2, 0.25) is 12.1 Å². The quantitative estimate of drug-likeness (QED) is 0.666. The number of methoxy groups -OCH3 is 1. The minimum atomic E-state index is -0.320. The van der Waals surface area contributed by atoms with Crippen LogP contribution in [0.1, 0.15) is 23.0 Å². The molecule has 0 radical (unpaired) electrons. The maximum Gasteiger partial charge on any atom is 0.237 e. The van der Waals surface area contributed by atoms with Crippen LogP contribution < -0.4 is 9.64 Å². The van der Waals surface area contributed by atoms with Gasteiger partial charge in [0, 0.05) is 22.9 Å². The summed E-state index contributed by atoms with van der Waals surface area (Å²) >= 11 is 0. The van der Waals surface area contributed by atoms with E-state index < -0.39 is 0 Å². The number of rotatable bonds is 4. The molecule has 5 nitrogen and oxygen atoms in total. The van der Waals surface area contributed by atoms with Crippen LogP contribution in [0.4, 0.5) is 5.88 Å². The molecule has 1 aliphatic heterocycles. The summed E-state index contributed by atoms with van der Waals surface area (Å²) in [5.41, 5.74) is 5.00. The fourth-order valence-electron chi connectivity index (χ4n) is 3.09. The first-order valence-electron chi connectivity index (χ1n) is 8.45. The van der Waals surface area contributed by atoms with Crippen molar-refractivity contribution in [2.75, 3.05) is 12.0 Å². The Morgan fingerprint density at radius 2 is 1.88 bits per heavy atom. The molecule has 0 spiro atoms. The summed E-state index contributed by atoms with van der Waals surface area (Å²) in [6, 6.07) is 16.3. The molecule has 1 aliphatic rings. The maximum absolute atomic E-state index is 5.82. The van der Waals surface area contributed by atoms with Gasteiger partial charge >= 0.3 is 0 Å². The van der Waals surface area contributed by atoms with Gasteiger partial charge in [-0.05, 0) is 25.5 Å². The zero-order chi connectivity index (χ0) is 18.1. The fourth-order valence-corrected chi connectivity index (χ4v) is 3.09. The lowest BCUT2D eigenvalue weighted by molar-refractivity contribution is 0.169. The Bertz CT molecular complexity index is 947. The van der Waals surface area contributed by atoms with Crippen molar-refractivity contribution in [3.05, 3.63) is 77.8 Å². The summed E-state index contributed by atoms with van der Waals surface area (Å²) in [7, 11) is 1.68. The predicted octanol–water partition coefficient (Wildman–Crippen LogP) is 4.97. The average Bonchev–Trinajstić information content (AvgIpc) is 3.29. The van der Waals surface area contributed by atoms with Crippen molar-refractivity contribution in [3.63, 3.8) is 0 Å². The van der Waals surface area contributed by atoms with Crippen LogP contribution in [0.3, 0.4) is 0 Å². The number of aryl methyl sites for hydroxylation is 1. The molecule has 0 saturated heterocycles. The van der Waals surface area contributed by atoms with Gasteiger partial charge in [-0.25, -0.2) is 0 Å². The van der Waals surface area contributed by atoms with Gasteiger partial charge in [0.15, 0.2) is 0 Å². The summed E-state index contributed by atoms with van der Waals surface area (Å²) in [4.78, 5) is 1.94. The summed E-state index contributed by atoms with van der Waals surface area (Å²) in [6.07, 6.45) is 3.20. The molecule has 2 heterocycles. The Hall–Kier alpha value is -3.21. The van der Waals surface area contributed by atoms with Crippen molar-refractivity contribution >= 4 is 5.88 Å². The van der Waals surface area contributed by atoms with Crippen LogP contribution in [0.25, 0.3) is 11.1 Å². The number of nitrogens with zero attached hydrogens (tertiary/aromatic N) is 2. The Kier molecular flexibility index (Phi) is 4.13. The van der Waals surface area contributed by atoms with E-state index in [1.165, 1.54) is 0 Å². The zero-order valence-electron chi connectivity index (χ0n) is 15.0. The van der Waals surface area contributed by atoms with Crippen molar-refractivity contribution in [2.45, 2.75) is 20.1 Å². The van der Waals surface area contributed by atoms with Crippen LogP contribution in [0.15, 0.2) is 65.5 Å². The Morgan fingerprint density at radius 1 is 1.08 bits per heavy atom. The fraction of sp³-hybridized carbons (Fsp3) is 0.190. The van der Waals surface area contributed by atoms with E-state index in [4.69, 9.17) is 14.0 Å². The Morgan fingerprint density at radius 3 is 2.58 bits per heavy atom. The third-order valence-electron chi connectivity index (χ3n) is 4.64. The number of hydrogen-bond acceptors (Lipinski definition) is 5. The third kappa shape index (κ3) is 2.71. The minimum absolute atomic E-state index is 0.320. The van der Waals surface area contributed by atoms with Crippen LogP contribution >= 0.6 is 0 Å². The number of aromatic nitrogens is 1. The first-order chi connectivity index (χ1) is 12.7. The molecule has 0 saturated carbocycles. The highest BCUT2D eigenvalue weighted by Gasteiger charge is 2.29. The molecule has 2 aromatic carbocycles. The van der Waals surface area contributed by atoms with Crippen LogP contribution in [0.5, 0.6) is 5.75 Å². The molecular weight excluding hydrogens is 328 g/mol. The van der Waals surface area contributed by atoms with E-state index in [2.05, 4.69) is 23.4 Å². The van der Waals surface area contributed by atoms with Crippen LogP contribution in [0, 0.1) is 13.8 Å². The van der Waals surface area contributed by atoms with Gasteiger partial charge in [-0.2, -0.15) is 0 Å². The lowest BCUT2D eigenvalue weighted by Crippen LogP contribution is -2.20. The normalized spacial score (nSPS) is 16.0. The van der Waals surface area contributed by atoms with Crippen LogP contribution in [-0.4, -0.2) is 12.3 Å². The molecule has 0 aliphatic carbocycles. The largest absolute Gasteiger partial charge is 0.496 e. The summed E-state index contributed by atoms with van der Waals surface area (Å²) in [6.45, 7) is 3.92. The molecule has 0 N–H and O–H groups in total. The second-order valence-corrected chi connectivity index (χ2v) is 6.20. The van der Waals surface area contributed by atoms with E-state index in [1.807, 2.05) is 55.3 Å². The van der Waals surface area contributed by atoms with Crippen LogP contribution in [-0.2, 0) is 4.74 Å². The van der Waals surface area contributed by atoms with E-state index >= 15 is 0 Å². The van der Waals surface area contributed by atoms with Gasteiger partial charge in [-0.15, -0.1) is 0 Å². The SMILES string of the molecule is COc1cc(C2OC=CN2c2onc(C)c2C)ccc1-c1ccccc1. The molecular formula is C21H20N2O3. The van der Waals surface area contributed by atoms with Crippen molar-refractivity contribution in [3.8, 4) is 16.9 Å². The number of hydrogen-bond donors (Lipinski definition) is 0.